The van der Waals surface area contributed by atoms with Gasteiger partial charge in [-0.05, 0) is 79.9 Å². The Balaban J connectivity index is 1.15. The molecule has 49 heavy (non-hydrogen) atoms. The minimum absolute atomic E-state index is 0.0381. The first kappa shape index (κ1) is 30.5. The zero-order chi connectivity index (χ0) is 34.0. The molecule has 242 valence electrons. The van der Waals surface area contributed by atoms with Gasteiger partial charge < -0.3 is 8.83 Å². The van der Waals surface area contributed by atoms with Gasteiger partial charge in [-0.15, -0.1) is 34.0 Å². The van der Waals surface area contributed by atoms with E-state index in [0.29, 0.717) is 22.3 Å². The van der Waals surface area contributed by atoms with E-state index in [-0.39, 0.29) is 22.1 Å². The van der Waals surface area contributed by atoms with Gasteiger partial charge in [0.15, 0.2) is 0 Å². The van der Waals surface area contributed by atoms with Gasteiger partial charge in [0.2, 0.25) is 0 Å². The van der Waals surface area contributed by atoms with Gasteiger partial charge in [-0.2, -0.15) is 0 Å². The highest BCUT2D eigenvalue weighted by molar-refractivity contribution is 7.40. The molecule has 0 amide bonds. The molecule has 0 unspecified atom stereocenters. The van der Waals surface area contributed by atoms with Crippen LogP contribution in [0.15, 0.2) is 103 Å². The van der Waals surface area contributed by atoms with Gasteiger partial charge in [-0.1, -0.05) is 90.1 Å². The fraction of sp³-hybridized carbons (Fsp3) is 0.190. The van der Waals surface area contributed by atoms with Crippen molar-refractivity contribution in [1.82, 2.24) is 0 Å². The highest BCUT2D eigenvalue weighted by Crippen LogP contribution is 2.48. The summed E-state index contributed by atoms with van der Waals surface area (Å²) in [6.45, 7) is 13.3. The molecular formula is C42H32O4S3. The van der Waals surface area contributed by atoms with Crippen molar-refractivity contribution in [3.63, 3.8) is 0 Å². The molecule has 0 saturated heterocycles. The molecule has 0 N–H and O–H groups in total. The molecule has 5 aromatic heterocycles. The largest absolute Gasteiger partial charge is 0.422 e. The maximum Gasteiger partial charge on any atom is 0.345 e. The van der Waals surface area contributed by atoms with E-state index in [1.165, 1.54) is 11.1 Å². The summed E-state index contributed by atoms with van der Waals surface area (Å²) in [5.74, 6) is 0. The van der Waals surface area contributed by atoms with Gasteiger partial charge >= 0.3 is 11.3 Å². The summed E-state index contributed by atoms with van der Waals surface area (Å²) in [5.41, 5.74) is 4.22. The monoisotopic (exact) mass is 696 g/mol. The first-order chi connectivity index (χ1) is 23.3. The molecule has 4 nitrogen and oxygen atoms in total. The summed E-state index contributed by atoms with van der Waals surface area (Å²) >= 11 is 4.88. The third-order valence-electron chi connectivity index (χ3n) is 9.55. The molecule has 0 spiro atoms. The lowest BCUT2D eigenvalue weighted by Crippen LogP contribution is -2.10. The summed E-state index contributed by atoms with van der Waals surface area (Å²) in [5, 5.41) is 6.24. The zero-order valence-corrected chi connectivity index (χ0v) is 30.4. The predicted molar refractivity (Wildman–Crippen MR) is 210 cm³/mol. The molecular weight excluding hydrogens is 665 g/mol. The minimum atomic E-state index is -0.342. The molecule has 0 bridgehead atoms. The van der Waals surface area contributed by atoms with Crippen LogP contribution in [0.25, 0.3) is 83.2 Å². The molecule has 0 aliphatic rings. The molecule has 0 aliphatic heterocycles. The fourth-order valence-corrected chi connectivity index (χ4v) is 10.8. The van der Waals surface area contributed by atoms with Crippen LogP contribution < -0.4 is 11.3 Å². The van der Waals surface area contributed by atoms with Crippen LogP contribution >= 0.6 is 34.0 Å². The van der Waals surface area contributed by atoms with Crippen molar-refractivity contribution in [2.45, 2.75) is 52.4 Å². The fourth-order valence-electron chi connectivity index (χ4n) is 6.74. The average molecular weight is 697 g/mol. The Hall–Kier alpha value is -4.56. The lowest BCUT2D eigenvalue weighted by molar-refractivity contribution is 0.564. The Labute approximate surface area is 293 Å². The lowest BCUT2D eigenvalue weighted by atomic mass is 9.85. The van der Waals surface area contributed by atoms with Crippen molar-refractivity contribution in [1.29, 1.82) is 0 Å². The summed E-state index contributed by atoms with van der Waals surface area (Å²) in [4.78, 5) is 28.4. The smallest absolute Gasteiger partial charge is 0.345 e. The normalized spacial score (nSPS) is 12.9. The van der Waals surface area contributed by atoms with Crippen LogP contribution in [0.1, 0.15) is 52.7 Å². The van der Waals surface area contributed by atoms with Crippen LogP contribution in [0.4, 0.5) is 0 Å². The van der Waals surface area contributed by atoms with Crippen LogP contribution in [0.2, 0.25) is 0 Å². The van der Waals surface area contributed by atoms with Gasteiger partial charge in [0.1, 0.15) is 11.2 Å². The van der Waals surface area contributed by atoms with E-state index in [2.05, 4.69) is 90.1 Å². The molecule has 0 saturated carbocycles. The molecule has 0 aliphatic carbocycles. The third kappa shape index (κ3) is 4.90. The van der Waals surface area contributed by atoms with E-state index in [0.717, 1.165) is 60.9 Å². The van der Waals surface area contributed by atoms with Crippen molar-refractivity contribution in [3.8, 4) is 20.9 Å². The van der Waals surface area contributed by atoms with Crippen molar-refractivity contribution >= 4 is 96.3 Å². The summed E-state index contributed by atoms with van der Waals surface area (Å²) in [6, 6.07) is 29.1. The van der Waals surface area contributed by atoms with E-state index >= 15 is 0 Å². The van der Waals surface area contributed by atoms with Crippen LogP contribution in [-0.4, -0.2) is 0 Å². The molecule has 0 fully saturated rings. The molecule has 9 rings (SSSR count). The minimum Gasteiger partial charge on any atom is -0.422 e. The Morgan fingerprint density at radius 1 is 0.469 bits per heavy atom. The van der Waals surface area contributed by atoms with Crippen molar-refractivity contribution in [3.05, 3.63) is 117 Å². The van der Waals surface area contributed by atoms with Crippen molar-refractivity contribution in [2.75, 3.05) is 0 Å². The summed E-state index contributed by atoms with van der Waals surface area (Å²) in [7, 11) is 0. The summed E-state index contributed by atoms with van der Waals surface area (Å²) < 4.78 is 16.2. The quantitative estimate of drug-likeness (QED) is 0.133. The van der Waals surface area contributed by atoms with Crippen LogP contribution in [0.5, 0.6) is 0 Å². The number of hydrogen-bond donors (Lipinski definition) is 0. The number of rotatable bonds is 2. The Kier molecular flexibility index (Phi) is 6.52. The van der Waals surface area contributed by atoms with Gasteiger partial charge in [0.05, 0.1) is 20.5 Å². The van der Waals surface area contributed by atoms with E-state index < -0.39 is 0 Å². The van der Waals surface area contributed by atoms with Gasteiger partial charge in [0, 0.05) is 29.9 Å². The predicted octanol–water partition coefficient (Wildman–Crippen LogP) is 12.6. The van der Waals surface area contributed by atoms with Gasteiger partial charge in [-0.3, -0.25) is 0 Å². The second-order valence-electron chi connectivity index (χ2n) is 14.9. The van der Waals surface area contributed by atoms with E-state index in [4.69, 9.17) is 8.83 Å². The summed E-state index contributed by atoms with van der Waals surface area (Å²) in [6.07, 6.45) is 0. The van der Waals surface area contributed by atoms with E-state index in [9.17, 15) is 9.59 Å². The van der Waals surface area contributed by atoms with E-state index in [1.54, 1.807) is 34.0 Å². The number of hydrogen-bond acceptors (Lipinski definition) is 7. The number of fused-ring (bicyclic) bond motifs is 9. The molecule has 7 heteroatoms. The second kappa shape index (κ2) is 10.5. The first-order valence-corrected chi connectivity index (χ1v) is 18.8. The van der Waals surface area contributed by atoms with Crippen molar-refractivity contribution < 1.29 is 8.83 Å². The number of benzene rings is 4. The molecule has 5 heterocycles. The Morgan fingerprint density at radius 2 is 0.898 bits per heavy atom. The van der Waals surface area contributed by atoms with Gasteiger partial charge in [-0.25, -0.2) is 9.59 Å². The van der Waals surface area contributed by atoms with Crippen LogP contribution in [-0.2, 0) is 10.8 Å². The van der Waals surface area contributed by atoms with Crippen LogP contribution in [0, 0.1) is 0 Å². The molecule has 4 aromatic carbocycles. The maximum absolute atomic E-state index is 13.3. The Morgan fingerprint density at radius 3 is 1.31 bits per heavy atom. The Bertz CT molecular complexity index is 2750. The molecule has 0 radical (unpaired) electrons. The highest BCUT2D eigenvalue weighted by Gasteiger charge is 2.21. The highest BCUT2D eigenvalue weighted by atomic mass is 32.1. The standard InChI is InChI=1S/C42H32O4S3/c1-41(2,3)23-9-11-25-21(15-23)7-13-31-27(25)17-29(39(43)45-31)33-19-35-37(48-33)38-36(47-35)20-34(49-38)30-18-28-26-12-10-24(42(4,5)6)16-22(26)8-14-32(28)46-40(30)44/h7-20H,1-6H3. The average Bonchev–Trinajstić information content (AvgIpc) is 3.73. The van der Waals surface area contributed by atoms with Gasteiger partial charge in [0.25, 0.3) is 0 Å². The third-order valence-corrected chi connectivity index (χ3v) is 13.4. The zero-order valence-electron chi connectivity index (χ0n) is 27.9. The van der Waals surface area contributed by atoms with E-state index in [1.807, 2.05) is 36.4 Å². The number of thiophene rings is 3. The maximum atomic E-state index is 13.3. The van der Waals surface area contributed by atoms with Crippen LogP contribution in [0.3, 0.4) is 0 Å². The first-order valence-electron chi connectivity index (χ1n) is 16.3. The molecule has 9 aromatic rings. The molecule has 0 atom stereocenters. The SMILES string of the molecule is CC(C)(C)c1ccc2c(ccc3oc(=O)c(-c4cc5sc6cc(-c7cc8c(ccc9cc(C(C)(C)C)ccc98)oc7=O)sc6c5s4)cc32)c1. The van der Waals surface area contributed by atoms with Crippen molar-refractivity contribution in [2.24, 2.45) is 0 Å². The topological polar surface area (TPSA) is 60.4 Å². The lowest BCUT2D eigenvalue weighted by Gasteiger charge is -2.19. The second-order valence-corrected chi connectivity index (χ2v) is 18.1.